The van der Waals surface area contributed by atoms with Crippen molar-refractivity contribution >= 4 is 11.6 Å². The number of aryl methyl sites for hydroxylation is 2. The second-order valence-electron chi connectivity index (χ2n) is 5.63. The van der Waals surface area contributed by atoms with Gasteiger partial charge in [-0.15, -0.1) is 0 Å². The lowest BCUT2D eigenvalue weighted by Crippen LogP contribution is -2.18. The molecule has 0 bridgehead atoms. The van der Waals surface area contributed by atoms with Gasteiger partial charge in [-0.1, -0.05) is 41.9 Å². The molecule has 0 radical (unpaired) electrons. The predicted molar refractivity (Wildman–Crippen MR) is 89.1 cm³/mol. The fraction of sp³-hybridized carbons (Fsp3) is 0.333. The number of hydrogen-bond acceptors (Lipinski definition) is 2. The largest absolute Gasteiger partial charge is 0.488 e. The van der Waals surface area contributed by atoms with E-state index in [2.05, 4.69) is 19.1 Å². The maximum atomic E-state index is 6.26. The van der Waals surface area contributed by atoms with E-state index in [4.69, 9.17) is 22.1 Å². The van der Waals surface area contributed by atoms with Crippen molar-refractivity contribution in [3.8, 4) is 5.75 Å². The molecule has 2 N–H and O–H groups in total. The Bertz CT molecular complexity index is 623. The van der Waals surface area contributed by atoms with E-state index in [0.717, 1.165) is 39.4 Å². The highest BCUT2D eigenvalue weighted by Gasteiger charge is 2.10. The minimum atomic E-state index is 0.108. The van der Waals surface area contributed by atoms with Crippen LogP contribution in [0.5, 0.6) is 5.75 Å². The molecule has 0 aliphatic heterocycles. The van der Waals surface area contributed by atoms with Gasteiger partial charge >= 0.3 is 0 Å². The van der Waals surface area contributed by atoms with Gasteiger partial charge in [0.1, 0.15) is 12.4 Å². The fourth-order valence-corrected chi connectivity index (χ4v) is 2.64. The van der Waals surface area contributed by atoms with Gasteiger partial charge in [0.05, 0.1) is 0 Å². The lowest BCUT2D eigenvalue weighted by atomic mass is 10.0. The minimum absolute atomic E-state index is 0.108. The molecule has 0 saturated carbocycles. The van der Waals surface area contributed by atoms with E-state index >= 15 is 0 Å². The molecule has 21 heavy (non-hydrogen) atoms. The van der Waals surface area contributed by atoms with Crippen molar-refractivity contribution in [2.24, 2.45) is 5.73 Å². The zero-order valence-corrected chi connectivity index (χ0v) is 13.6. The zero-order valence-electron chi connectivity index (χ0n) is 12.8. The number of nitrogens with two attached hydrogens (primary N) is 1. The van der Waals surface area contributed by atoms with E-state index in [-0.39, 0.29) is 6.04 Å². The van der Waals surface area contributed by atoms with Gasteiger partial charge in [-0.2, -0.15) is 0 Å². The Labute approximate surface area is 131 Å². The summed E-state index contributed by atoms with van der Waals surface area (Å²) >= 11 is 6.26. The molecule has 0 aliphatic carbocycles. The van der Waals surface area contributed by atoms with E-state index < -0.39 is 0 Å². The van der Waals surface area contributed by atoms with Crippen LogP contribution >= 0.6 is 11.6 Å². The molecule has 0 saturated heterocycles. The van der Waals surface area contributed by atoms with E-state index in [1.165, 1.54) is 0 Å². The first-order valence-electron chi connectivity index (χ1n) is 7.19. The molecule has 2 nitrogen and oxygen atoms in total. The van der Waals surface area contributed by atoms with Crippen LogP contribution in [0.2, 0.25) is 5.02 Å². The minimum Gasteiger partial charge on any atom is -0.488 e. The van der Waals surface area contributed by atoms with E-state index in [1.807, 2.05) is 38.1 Å². The third kappa shape index (κ3) is 4.23. The average molecular weight is 304 g/mol. The van der Waals surface area contributed by atoms with Gasteiger partial charge in [0.2, 0.25) is 0 Å². The molecule has 0 aliphatic rings. The standard InChI is InChI=1S/C18H22ClNO/c1-12-7-8-16(17(19)9-12)11-21-18-13(2)5-4-6-15(18)10-14(3)20/h4-9,14H,10-11,20H2,1-3H3. The van der Waals surface area contributed by atoms with Crippen molar-refractivity contribution in [3.05, 3.63) is 63.7 Å². The van der Waals surface area contributed by atoms with Gasteiger partial charge in [0, 0.05) is 16.6 Å². The summed E-state index contributed by atoms with van der Waals surface area (Å²) < 4.78 is 6.04. The van der Waals surface area contributed by atoms with Gasteiger partial charge in [-0.05, 0) is 49.9 Å². The Kier molecular flexibility index (Phi) is 5.27. The van der Waals surface area contributed by atoms with Crippen LogP contribution in [0.4, 0.5) is 0 Å². The molecule has 0 spiro atoms. The maximum absolute atomic E-state index is 6.26. The topological polar surface area (TPSA) is 35.2 Å². The van der Waals surface area contributed by atoms with Crippen LogP contribution in [0.15, 0.2) is 36.4 Å². The Hall–Kier alpha value is -1.51. The average Bonchev–Trinajstić information content (AvgIpc) is 2.39. The highest BCUT2D eigenvalue weighted by atomic mass is 35.5. The quantitative estimate of drug-likeness (QED) is 0.887. The van der Waals surface area contributed by atoms with Crippen LogP contribution in [0, 0.1) is 13.8 Å². The monoisotopic (exact) mass is 303 g/mol. The molecule has 2 aromatic rings. The van der Waals surface area contributed by atoms with Gasteiger partial charge in [0.15, 0.2) is 0 Å². The first-order valence-corrected chi connectivity index (χ1v) is 7.57. The van der Waals surface area contributed by atoms with Gasteiger partial charge in [-0.25, -0.2) is 0 Å². The number of ether oxygens (including phenoxy) is 1. The van der Waals surface area contributed by atoms with Crippen LogP contribution in [0.1, 0.15) is 29.2 Å². The van der Waals surface area contributed by atoms with Gasteiger partial charge in [-0.3, -0.25) is 0 Å². The Morgan fingerprint density at radius 2 is 1.90 bits per heavy atom. The van der Waals surface area contributed by atoms with Crippen molar-refractivity contribution in [1.82, 2.24) is 0 Å². The first-order chi connectivity index (χ1) is 9.97. The molecule has 1 atom stereocenters. The number of rotatable bonds is 5. The molecule has 2 rings (SSSR count). The Morgan fingerprint density at radius 1 is 1.14 bits per heavy atom. The lowest BCUT2D eigenvalue weighted by Gasteiger charge is -2.16. The summed E-state index contributed by atoms with van der Waals surface area (Å²) in [7, 11) is 0. The Morgan fingerprint density at radius 3 is 2.57 bits per heavy atom. The van der Waals surface area contributed by atoms with Crippen LogP contribution in [-0.2, 0) is 13.0 Å². The van der Waals surface area contributed by atoms with Gasteiger partial charge in [0.25, 0.3) is 0 Å². The number of halogens is 1. The summed E-state index contributed by atoms with van der Waals surface area (Å²) in [6.07, 6.45) is 0.804. The fourth-order valence-electron chi connectivity index (χ4n) is 2.35. The van der Waals surface area contributed by atoms with Gasteiger partial charge < -0.3 is 10.5 Å². The summed E-state index contributed by atoms with van der Waals surface area (Å²) in [4.78, 5) is 0. The third-order valence-electron chi connectivity index (χ3n) is 3.42. The van der Waals surface area contributed by atoms with Crippen molar-refractivity contribution in [1.29, 1.82) is 0 Å². The molecular weight excluding hydrogens is 282 g/mol. The molecule has 0 amide bonds. The zero-order chi connectivity index (χ0) is 15.4. The SMILES string of the molecule is Cc1ccc(COc2c(C)cccc2CC(C)N)c(Cl)c1. The van der Waals surface area contributed by atoms with Crippen molar-refractivity contribution in [2.45, 2.75) is 39.8 Å². The summed E-state index contributed by atoms with van der Waals surface area (Å²) in [5.41, 5.74) is 10.3. The normalized spacial score (nSPS) is 12.2. The maximum Gasteiger partial charge on any atom is 0.125 e. The van der Waals surface area contributed by atoms with E-state index in [1.54, 1.807) is 0 Å². The van der Waals surface area contributed by atoms with Crippen molar-refractivity contribution in [2.75, 3.05) is 0 Å². The number of para-hydroxylation sites is 1. The number of benzene rings is 2. The lowest BCUT2D eigenvalue weighted by molar-refractivity contribution is 0.300. The number of hydrogen-bond donors (Lipinski definition) is 1. The molecular formula is C18H22ClNO. The Balaban J connectivity index is 2.19. The van der Waals surface area contributed by atoms with Crippen LogP contribution in [0.3, 0.4) is 0 Å². The molecule has 0 fully saturated rings. The first kappa shape index (κ1) is 15.9. The van der Waals surface area contributed by atoms with E-state index in [9.17, 15) is 0 Å². The summed E-state index contributed by atoms with van der Waals surface area (Å²) in [5.74, 6) is 0.923. The molecule has 0 heterocycles. The summed E-state index contributed by atoms with van der Waals surface area (Å²) in [6.45, 7) is 6.55. The molecule has 112 valence electrons. The molecule has 3 heteroatoms. The van der Waals surface area contributed by atoms with Crippen molar-refractivity contribution in [3.63, 3.8) is 0 Å². The van der Waals surface area contributed by atoms with Crippen molar-refractivity contribution < 1.29 is 4.74 Å². The predicted octanol–water partition coefficient (Wildman–Crippen LogP) is 4.43. The van der Waals surface area contributed by atoms with Crippen LogP contribution in [-0.4, -0.2) is 6.04 Å². The summed E-state index contributed by atoms with van der Waals surface area (Å²) in [6, 6.07) is 12.3. The molecule has 1 unspecified atom stereocenters. The third-order valence-corrected chi connectivity index (χ3v) is 3.77. The highest BCUT2D eigenvalue weighted by molar-refractivity contribution is 6.31. The second-order valence-corrected chi connectivity index (χ2v) is 6.04. The molecule has 2 aromatic carbocycles. The summed E-state index contributed by atoms with van der Waals surface area (Å²) in [5, 5.41) is 0.748. The smallest absolute Gasteiger partial charge is 0.125 e. The van der Waals surface area contributed by atoms with Crippen LogP contribution < -0.4 is 10.5 Å². The van der Waals surface area contributed by atoms with Crippen LogP contribution in [0.25, 0.3) is 0 Å². The highest BCUT2D eigenvalue weighted by Crippen LogP contribution is 2.27. The van der Waals surface area contributed by atoms with E-state index in [0.29, 0.717) is 6.61 Å². The molecule has 0 aromatic heterocycles. The second kappa shape index (κ2) is 6.97.